The molecule has 0 saturated carbocycles. The second-order valence-corrected chi connectivity index (χ2v) is 6.67. The molecule has 21 heavy (non-hydrogen) atoms. The summed E-state index contributed by atoms with van der Waals surface area (Å²) >= 11 is 0. The number of carbonyl (C=O) groups excluding carboxylic acids is 1. The topological polar surface area (TPSA) is 93.7 Å². The number of hydrogen-bond acceptors (Lipinski definition) is 5. The first-order valence-electron chi connectivity index (χ1n) is 6.70. The van der Waals surface area contributed by atoms with Gasteiger partial charge in [0.2, 0.25) is 15.9 Å². The summed E-state index contributed by atoms with van der Waals surface area (Å²) in [5.74, 6) is -0.122. The van der Waals surface area contributed by atoms with E-state index in [1.807, 2.05) is 0 Å². The van der Waals surface area contributed by atoms with Gasteiger partial charge in [-0.05, 0) is 23.8 Å². The minimum atomic E-state index is -3.59. The second kappa shape index (κ2) is 5.72. The third-order valence-electron chi connectivity index (χ3n) is 3.38. The third kappa shape index (κ3) is 3.24. The quantitative estimate of drug-likeness (QED) is 0.811. The van der Waals surface area contributed by atoms with E-state index in [2.05, 4.69) is 10.0 Å². The fourth-order valence-electron chi connectivity index (χ4n) is 2.34. The first-order chi connectivity index (χ1) is 10.0. The molecule has 0 aliphatic carbocycles. The lowest BCUT2D eigenvalue weighted by Crippen LogP contribution is -2.27. The van der Waals surface area contributed by atoms with Gasteiger partial charge >= 0.3 is 0 Å². The highest BCUT2D eigenvalue weighted by Gasteiger charge is 2.22. The maximum Gasteiger partial charge on any atom is 0.240 e. The summed E-state index contributed by atoms with van der Waals surface area (Å²) in [5.41, 5.74) is 1.37. The molecular weight excluding hydrogens is 296 g/mol. The predicted molar refractivity (Wildman–Crippen MR) is 74.3 cm³/mol. The molecule has 1 saturated heterocycles. The first kappa shape index (κ1) is 14.5. The van der Waals surface area contributed by atoms with E-state index in [4.69, 9.17) is 9.47 Å². The zero-order valence-corrected chi connectivity index (χ0v) is 12.1. The minimum absolute atomic E-state index is 0.122. The lowest BCUT2D eigenvalue weighted by Gasteiger charge is -2.11. The third-order valence-corrected chi connectivity index (χ3v) is 4.83. The van der Waals surface area contributed by atoms with Crippen molar-refractivity contribution in [1.29, 1.82) is 0 Å². The SMILES string of the molecule is O=C1Cc2cc(S(=O)(=O)NCCC3OCCO3)ccc2N1. The van der Waals surface area contributed by atoms with Crippen LogP contribution in [0.3, 0.4) is 0 Å². The average Bonchev–Trinajstić information content (AvgIpc) is 3.05. The van der Waals surface area contributed by atoms with Crippen LogP contribution in [0.15, 0.2) is 23.1 Å². The van der Waals surface area contributed by atoms with Crippen LogP contribution in [-0.2, 0) is 30.7 Å². The molecule has 1 aromatic carbocycles. The highest BCUT2D eigenvalue weighted by molar-refractivity contribution is 7.89. The molecule has 1 aromatic rings. The van der Waals surface area contributed by atoms with Crippen LogP contribution in [0.5, 0.6) is 0 Å². The van der Waals surface area contributed by atoms with Gasteiger partial charge in [-0.25, -0.2) is 13.1 Å². The number of carbonyl (C=O) groups is 1. The van der Waals surface area contributed by atoms with Crippen LogP contribution in [-0.4, -0.2) is 40.4 Å². The van der Waals surface area contributed by atoms with Crippen molar-refractivity contribution in [1.82, 2.24) is 4.72 Å². The molecule has 0 atom stereocenters. The molecule has 1 fully saturated rings. The first-order valence-corrected chi connectivity index (χ1v) is 8.18. The van der Waals surface area contributed by atoms with Crippen molar-refractivity contribution in [3.05, 3.63) is 23.8 Å². The van der Waals surface area contributed by atoms with Crippen molar-refractivity contribution in [2.45, 2.75) is 24.0 Å². The van der Waals surface area contributed by atoms with Crippen molar-refractivity contribution in [2.24, 2.45) is 0 Å². The van der Waals surface area contributed by atoms with E-state index in [-0.39, 0.29) is 30.1 Å². The summed E-state index contributed by atoms with van der Waals surface area (Å²) in [6.07, 6.45) is 0.335. The van der Waals surface area contributed by atoms with Crippen molar-refractivity contribution in [3.8, 4) is 0 Å². The van der Waals surface area contributed by atoms with Gasteiger partial charge in [-0.15, -0.1) is 0 Å². The number of benzene rings is 1. The van der Waals surface area contributed by atoms with Crippen molar-refractivity contribution < 1.29 is 22.7 Å². The molecule has 0 unspecified atom stereocenters. The number of ether oxygens (including phenoxy) is 2. The molecule has 2 heterocycles. The summed E-state index contributed by atoms with van der Waals surface area (Å²) in [5, 5.41) is 2.67. The Bertz CT molecular complexity index is 653. The van der Waals surface area contributed by atoms with Gasteiger partial charge in [0, 0.05) is 18.7 Å². The molecule has 114 valence electrons. The summed E-state index contributed by atoms with van der Waals surface area (Å²) in [4.78, 5) is 11.4. The molecule has 0 spiro atoms. The molecular formula is C13H16N2O5S. The van der Waals surface area contributed by atoms with E-state index in [0.717, 1.165) is 0 Å². The Morgan fingerprint density at radius 1 is 1.29 bits per heavy atom. The van der Waals surface area contributed by atoms with E-state index in [1.54, 1.807) is 6.07 Å². The van der Waals surface area contributed by atoms with Crippen LogP contribution in [0.1, 0.15) is 12.0 Å². The number of nitrogens with one attached hydrogen (secondary N) is 2. The number of anilines is 1. The fourth-order valence-corrected chi connectivity index (χ4v) is 3.44. The van der Waals surface area contributed by atoms with Crippen LogP contribution in [0.2, 0.25) is 0 Å². The Labute approximate surface area is 122 Å². The number of fused-ring (bicyclic) bond motifs is 1. The summed E-state index contributed by atoms with van der Waals surface area (Å²) in [7, 11) is -3.59. The molecule has 0 radical (unpaired) electrons. The Kier molecular flexibility index (Phi) is 3.94. The minimum Gasteiger partial charge on any atom is -0.350 e. The Balaban J connectivity index is 1.64. The monoisotopic (exact) mass is 312 g/mol. The summed E-state index contributed by atoms with van der Waals surface area (Å²) < 4.78 is 37.4. The number of sulfonamides is 1. The largest absolute Gasteiger partial charge is 0.350 e. The zero-order chi connectivity index (χ0) is 14.9. The fraction of sp³-hybridized carbons (Fsp3) is 0.462. The highest BCUT2D eigenvalue weighted by atomic mass is 32.2. The van der Waals surface area contributed by atoms with Gasteiger partial charge in [0.25, 0.3) is 0 Å². The summed E-state index contributed by atoms with van der Waals surface area (Å²) in [6.45, 7) is 1.33. The van der Waals surface area contributed by atoms with E-state index < -0.39 is 10.0 Å². The molecule has 8 heteroatoms. The van der Waals surface area contributed by atoms with Gasteiger partial charge in [0.05, 0.1) is 24.5 Å². The molecule has 2 aliphatic heterocycles. The average molecular weight is 312 g/mol. The van der Waals surface area contributed by atoms with Crippen LogP contribution in [0.25, 0.3) is 0 Å². The Morgan fingerprint density at radius 3 is 2.81 bits per heavy atom. The Morgan fingerprint density at radius 2 is 2.05 bits per heavy atom. The lowest BCUT2D eigenvalue weighted by molar-refractivity contribution is -0.115. The Hall–Kier alpha value is -1.48. The number of hydrogen-bond donors (Lipinski definition) is 2. The standard InChI is InChI=1S/C13H16N2O5S/c16-12-8-9-7-10(1-2-11(9)15-12)21(17,18)14-4-3-13-19-5-6-20-13/h1-2,7,13-14H,3-6,8H2,(H,15,16). The van der Waals surface area contributed by atoms with Gasteiger partial charge in [0.1, 0.15) is 0 Å². The van der Waals surface area contributed by atoms with Crippen molar-refractivity contribution >= 4 is 21.6 Å². The van der Waals surface area contributed by atoms with Crippen LogP contribution in [0.4, 0.5) is 5.69 Å². The van der Waals surface area contributed by atoms with Crippen LogP contribution in [0, 0.1) is 0 Å². The van der Waals surface area contributed by atoms with Gasteiger partial charge in [-0.1, -0.05) is 0 Å². The molecule has 2 aliphatic rings. The smallest absolute Gasteiger partial charge is 0.240 e. The molecule has 1 amide bonds. The normalized spacial score (nSPS) is 18.8. The molecule has 3 rings (SSSR count). The van der Waals surface area contributed by atoms with E-state index >= 15 is 0 Å². The second-order valence-electron chi connectivity index (χ2n) is 4.90. The maximum atomic E-state index is 12.2. The lowest BCUT2D eigenvalue weighted by atomic mass is 10.2. The maximum absolute atomic E-state index is 12.2. The van der Waals surface area contributed by atoms with Crippen molar-refractivity contribution in [3.63, 3.8) is 0 Å². The van der Waals surface area contributed by atoms with Crippen LogP contribution >= 0.6 is 0 Å². The molecule has 2 N–H and O–H groups in total. The van der Waals surface area contributed by atoms with E-state index in [0.29, 0.717) is 30.9 Å². The zero-order valence-electron chi connectivity index (χ0n) is 11.3. The van der Waals surface area contributed by atoms with Crippen molar-refractivity contribution in [2.75, 3.05) is 25.1 Å². The van der Waals surface area contributed by atoms with Gasteiger partial charge in [-0.3, -0.25) is 4.79 Å². The van der Waals surface area contributed by atoms with Crippen LogP contribution < -0.4 is 10.0 Å². The predicted octanol–water partition coefficient (Wildman–Crippen LogP) is 0.223. The molecule has 0 bridgehead atoms. The van der Waals surface area contributed by atoms with Gasteiger partial charge < -0.3 is 14.8 Å². The van der Waals surface area contributed by atoms with Gasteiger partial charge in [0.15, 0.2) is 6.29 Å². The summed E-state index contributed by atoms with van der Waals surface area (Å²) in [6, 6.07) is 4.62. The van der Waals surface area contributed by atoms with E-state index in [1.165, 1.54) is 12.1 Å². The molecule has 7 nitrogen and oxygen atoms in total. The highest BCUT2D eigenvalue weighted by Crippen LogP contribution is 2.25. The number of amides is 1. The molecule has 0 aromatic heterocycles. The van der Waals surface area contributed by atoms with Gasteiger partial charge in [-0.2, -0.15) is 0 Å². The van der Waals surface area contributed by atoms with E-state index in [9.17, 15) is 13.2 Å². The number of rotatable bonds is 5.